The van der Waals surface area contributed by atoms with E-state index >= 15 is 0 Å². The van der Waals surface area contributed by atoms with E-state index in [-0.39, 0.29) is 12.1 Å². The van der Waals surface area contributed by atoms with Gasteiger partial charge in [-0.15, -0.1) is 0 Å². The summed E-state index contributed by atoms with van der Waals surface area (Å²) in [6.45, 7) is -0.346. The number of halogens is 2. The maximum absolute atomic E-state index is 13.4. The van der Waals surface area contributed by atoms with E-state index in [1.807, 2.05) is 0 Å². The predicted octanol–water partition coefficient (Wildman–Crippen LogP) is 0.852. The Morgan fingerprint density at radius 1 is 1.56 bits per heavy atom. The molecule has 7 heteroatoms. The number of hydrogen-bond acceptors (Lipinski definition) is 4. The van der Waals surface area contributed by atoms with Gasteiger partial charge in [0.25, 0.3) is 5.91 Å². The summed E-state index contributed by atoms with van der Waals surface area (Å²) in [6.07, 6.45) is -1.47. The second-order valence-corrected chi connectivity index (χ2v) is 4.29. The van der Waals surface area contributed by atoms with Crippen molar-refractivity contribution in [2.45, 2.75) is 6.10 Å². The number of aliphatic hydroxyl groups is 1. The van der Waals surface area contributed by atoms with Crippen LogP contribution >= 0.6 is 15.9 Å². The Bertz CT molecular complexity index is 466. The van der Waals surface area contributed by atoms with Gasteiger partial charge in [-0.05, 0) is 18.2 Å². The van der Waals surface area contributed by atoms with Crippen LogP contribution in [0, 0.1) is 5.82 Å². The second kappa shape index (κ2) is 6.46. The normalized spacial score (nSPS) is 11.8. The van der Waals surface area contributed by atoms with E-state index in [1.54, 1.807) is 0 Å². The molecule has 0 fully saturated rings. The van der Waals surface area contributed by atoms with E-state index in [1.165, 1.54) is 12.1 Å². The molecule has 0 bridgehead atoms. The molecule has 0 spiro atoms. The molecule has 0 aliphatic heterocycles. The number of carbonyl (C=O) groups is 2. The van der Waals surface area contributed by atoms with E-state index in [2.05, 4.69) is 26.0 Å². The van der Waals surface area contributed by atoms with Crippen molar-refractivity contribution in [3.05, 3.63) is 34.1 Å². The van der Waals surface area contributed by atoms with Crippen LogP contribution in [0.25, 0.3) is 0 Å². The molecular weight excluding hydrogens is 309 g/mol. The lowest BCUT2D eigenvalue weighted by Gasteiger charge is -2.10. The predicted molar refractivity (Wildman–Crippen MR) is 64.5 cm³/mol. The number of ether oxygens (including phenoxy) is 1. The minimum absolute atomic E-state index is 0.171. The molecule has 0 radical (unpaired) electrons. The first-order valence-electron chi connectivity index (χ1n) is 4.95. The summed E-state index contributed by atoms with van der Waals surface area (Å²) in [7, 11) is 1.11. The number of hydrogen-bond donors (Lipinski definition) is 2. The number of esters is 1. The van der Waals surface area contributed by atoms with Gasteiger partial charge in [0.1, 0.15) is 5.82 Å². The van der Waals surface area contributed by atoms with Gasteiger partial charge in [0.15, 0.2) is 6.10 Å². The molecule has 0 saturated heterocycles. The maximum Gasteiger partial charge on any atom is 0.336 e. The number of rotatable bonds is 4. The number of amides is 1. The Balaban J connectivity index is 2.63. The molecule has 1 atom stereocenters. The lowest BCUT2D eigenvalue weighted by Crippen LogP contribution is -2.37. The molecule has 2 N–H and O–H groups in total. The number of methoxy groups -OCH3 is 1. The van der Waals surface area contributed by atoms with Gasteiger partial charge in [0, 0.05) is 4.47 Å². The molecule has 1 aromatic carbocycles. The molecule has 1 unspecified atom stereocenters. The molecule has 0 heterocycles. The van der Waals surface area contributed by atoms with E-state index < -0.39 is 23.8 Å². The highest BCUT2D eigenvalue weighted by atomic mass is 79.9. The third-order valence-electron chi connectivity index (χ3n) is 2.10. The van der Waals surface area contributed by atoms with E-state index in [9.17, 15) is 19.1 Å². The lowest BCUT2D eigenvalue weighted by molar-refractivity contribution is -0.149. The van der Waals surface area contributed by atoms with Crippen molar-refractivity contribution in [3.63, 3.8) is 0 Å². The molecule has 5 nitrogen and oxygen atoms in total. The van der Waals surface area contributed by atoms with Gasteiger partial charge < -0.3 is 15.2 Å². The van der Waals surface area contributed by atoms with Crippen LogP contribution in [0.3, 0.4) is 0 Å². The SMILES string of the molecule is COC(=O)C(O)CNC(=O)c1ccc(Br)cc1F. The van der Waals surface area contributed by atoms with E-state index in [0.29, 0.717) is 4.47 Å². The fourth-order valence-corrected chi connectivity index (χ4v) is 1.51. The first kappa shape index (κ1) is 14.6. The van der Waals surface area contributed by atoms with Crippen molar-refractivity contribution in [1.29, 1.82) is 0 Å². The van der Waals surface area contributed by atoms with Crippen molar-refractivity contribution in [2.24, 2.45) is 0 Å². The van der Waals surface area contributed by atoms with Crippen LogP contribution in [0.5, 0.6) is 0 Å². The molecule has 0 aromatic heterocycles. The lowest BCUT2D eigenvalue weighted by atomic mass is 10.2. The summed E-state index contributed by atoms with van der Waals surface area (Å²) < 4.78 is 18.2. The third-order valence-corrected chi connectivity index (χ3v) is 2.60. The molecule has 0 aliphatic rings. The molecule has 1 rings (SSSR count). The van der Waals surface area contributed by atoms with Crippen LogP contribution in [-0.4, -0.2) is 36.7 Å². The van der Waals surface area contributed by atoms with Gasteiger partial charge in [0.2, 0.25) is 0 Å². The van der Waals surface area contributed by atoms with E-state index in [0.717, 1.165) is 13.2 Å². The van der Waals surface area contributed by atoms with Gasteiger partial charge in [-0.1, -0.05) is 15.9 Å². The molecule has 1 aromatic rings. The van der Waals surface area contributed by atoms with Gasteiger partial charge in [-0.25, -0.2) is 9.18 Å². The Labute approximate surface area is 111 Å². The smallest absolute Gasteiger partial charge is 0.336 e. The topological polar surface area (TPSA) is 75.6 Å². The summed E-state index contributed by atoms with van der Waals surface area (Å²) >= 11 is 3.06. The quantitative estimate of drug-likeness (QED) is 0.807. The highest BCUT2D eigenvalue weighted by Gasteiger charge is 2.18. The molecule has 0 saturated carbocycles. The summed E-state index contributed by atoms with van der Waals surface area (Å²) in [4.78, 5) is 22.4. The van der Waals surface area contributed by atoms with Crippen molar-refractivity contribution >= 4 is 27.8 Å². The average molecular weight is 320 g/mol. The Morgan fingerprint density at radius 2 is 2.22 bits per heavy atom. The third kappa shape index (κ3) is 3.78. The van der Waals surface area contributed by atoms with Crippen LogP contribution in [-0.2, 0) is 9.53 Å². The summed E-state index contributed by atoms with van der Waals surface area (Å²) in [5.74, 6) is -2.29. The molecule has 18 heavy (non-hydrogen) atoms. The molecule has 98 valence electrons. The molecule has 1 amide bonds. The molecule has 0 aliphatic carbocycles. The fourth-order valence-electron chi connectivity index (χ4n) is 1.18. The fraction of sp³-hybridized carbons (Fsp3) is 0.273. The minimum atomic E-state index is -1.47. The van der Waals surface area contributed by atoms with Gasteiger partial charge in [0.05, 0.1) is 19.2 Å². The van der Waals surface area contributed by atoms with Crippen LogP contribution in [0.4, 0.5) is 4.39 Å². The van der Waals surface area contributed by atoms with Crippen molar-refractivity contribution in [3.8, 4) is 0 Å². The van der Waals surface area contributed by atoms with Gasteiger partial charge in [-0.3, -0.25) is 4.79 Å². The zero-order valence-corrected chi connectivity index (χ0v) is 11.0. The number of benzene rings is 1. The zero-order valence-electron chi connectivity index (χ0n) is 9.44. The second-order valence-electron chi connectivity index (χ2n) is 3.37. The minimum Gasteiger partial charge on any atom is -0.467 e. The Kier molecular flexibility index (Phi) is 5.24. The van der Waals surface area contributed by atoms with Gasteiger partial charge >= 0.3 is 5.97 Å². The highest BCUT2D eigenvalue weighted by molar-refractivity contribution is 9.10. The van der Waals surface area contributed by atoms with Crippen LogP contribution in [0.15, 0.2) is 22.7 Å². The van der Waals surface area contributed by atoms with Crippen molar-refractivity contribution < 1.29 is 23.8 Å². The largest absolute Gasteiger partial charge is 0.467 e. The van der Waals surface area contributed by atoms with Gasteiger partial charge in [-0.2, -0.15) is 0 Å². The standard InChI is InChI=1S/C11H11BrFNO4/c1-18-11(17)9(15)5-14-10(16)7-3-2-6(12)4-8(7)13/h2-4,9,15H,5H2,1H3,(H,14,16). The van der Waals surface area contributed by atoms with Crippen LogP contribution < -0.4 is 5.32 Å². The first-order chi connectivity index (χ1) is 8.45. The number of nitrogens with one attached hydrogen (secondary N) is 1. The van der Waals surface area contributed by atoms with Crippen LogP contribution in [0.2, 0.25) is 0 Å². The zero-order chi connectivity index (χ0) is 13.7. The summed E-state index contributed by atoms with van der Waals surface area (Å²) in [5.41, 5.74) is -0.171. The summed E-state index contributed by atoms with van der Waals surface area (Å²) in [5, 5.41) is 11.5. The Hall–Kier alpha value is -1.47. The summed E-state index contributed by atoms with van der Waals surface area (Å²) in [6, 6.07) is 3.94. The van der Waals surface area contributed by atoms with Crippen LogP contribution in [0.1, 0.15) is 10.4 Å². The number of aliphatic hydroxyl groups excluding tert-OH is 1. The maximum atomic E-state index is 13.4. The van der Waals surface area contributed by atoms with Crippen molar-refractivity contribution in [1.82, 2.24) is 5.32 Å². The monoisotopic (exact) mass is 319 g/mol. The number of carbonyl (C=O) groups excluding carboxylic acids is 2. The first-order valence-corrected chi connectivity index (χ1v) is 5.74. The average Bonchev–Trinajstić information content (AvgIpc) is 2.34. The Morgan fingerprint density at radius 3 is 2.78 bits per heavy atom. The highest BCUT2D eigenvalue weighted by Crippen LogP contribution is 2.15. The molecular formula is C11H11BrFNO4. The van der Waals surface area contributed by atoms with E-state index in [4.69, 9.17) is 0 Å². The van der Waals surface area contributed by atoms with Crippen molar-refractivity contribution in [2.75, 3.05) is 13.7 Å².